The Morgan fingerprint density at radius 3 is 2.70 bits per heavy atom. The molecule has 0 aliphatic carbocycles. The molecule has 0 bridgehead atoms. The average molecular weight is 294 g/mol. The van der Waals surface area contributed by atoms with Crippen LogP contribution >= 0.6 is 11.3 Å². The van der Waals surface area contributed by atoms with Crippen molar-refractivity contribution in [2.24, 2.45) is 0 Å². The zero-order valence-corrected chi connectivity index (χ0v) is 11.4. The number of carbonyl (C=O) groups excluding carboxylic acids is 2. The van der Waals surface area contributed by atoms with E-state index in [0.717, 1.165) is 11.3 Å². The van der Waals surface area contributed by atoms with Crippen molar-refractivity contribution in [3.63, 3.8) is 0 Å². The Labute approximate surface area is 118 Å². The molecule has 7 heteroatoms. The van der Waals surface area contributed by atoms with E-state index in [1.165, 1.54) is 29.8 Å². The number of thiazole rings is 1. The summed E-state index contributed by atoms with van der Waals surface area (Å²) in [6.07, 6.45) is 0. The fourth-order valence-corrected chi connectivity index (χ4v) is 2.09. The third kappa shape index (κ3) is 3.18. The molecule has 1 N–H and O–H groups in total. The number of hydrogen-bond donors (Lipinski definition) is 1. The first-order chi connectivity index (χ1) is 9.61. The van der Waals surface area contributed by atoms with E-state index >= 15 is 0 Å². The predicted octanol–water partition coefficient (Wildman–Crippen LogP) is 2.71. The van der Waals surface area contributed by atoms with E-state index in [1.807, 2.05) is 0 Å². The highest BCUT2D eigenvalue weighted by Gasteiger charge is 2.18. The van der Waals surface area contributed by atoms with Crippen LogP contribution in [0.2, 0.25) is 0 Å². The molecule has 0 atom stereocenters. The molecule has 0 saturated heterocycles. The summed E-state index contributed by atoms with van der Waals surface area (Å²) in [5.74, 6) is -1.30. The quantitative estimate of drug-likeness (QED) is 0.880. The van der Waals surface area contributed by atoms with Crippen molar-refractivity contribution in [1.29, 1.82) is 0 Å². The van der Waals surface area contributed by atoms with E-state index in [-0.39, 0.29) is 22.9 Å². The molecule has 0 fully saturated rings. The van der Waals surface area contributed by atoms with E-state index in [9.17, 15) is 14.0 Å². The third-order valence-corrected chi connectivity index (χ3v) is 3.17. The Balaban J connectivity index is 2.14. The summed E-state index contributed by atoms with van der Waals surface area (Å²) in [6, 6.07) is 5.06. The topological polar surface area (TPSA) is 68.3 Å². The van der Waals surface area contributed by atoms with Crippen LogP contribution in [0.5, 0.6) is 0 Å². The number of esters is 1. The SMILES string of the molecule is CCOC(=O)c1scnc1NC(=O)c1ccc(F)cc1. The van der Waals surface area contributed by atoms with Crippen LogP contribution < -0.4 is 5.32 Å². The molecular formula is C13H11FN2O3S. The molecule has 1 aromatic heterocycles. The van der Waals surface area contributed by atoms with Gasteiger partial charge in [-0.3, -0.25) is 4.79 Å². The summed E-state index contributed by atoms with van der Waals surface area (Å²) in [4.78, 5) is 27.7. The van der Waals surface area contributed by atoms with Gasteiger partial charge in [-0.15, -0.1) is 11.3 Å². The number of aromatic nitrogens is 1. The molecule has 0 radical (unpaired) electrons. The minimum atomic E-state index is -0.538. The van der Waals surface area contributed by atoms with Crippen molar-refractivity contribution < 1.29 is 18.7 Å². The molecule has 5 nitrogen and oxygen atoms in total. The minimum absolute atomic E-state index is 0.141. The smallest absolute Gasteiger partial charge is 0.352 e. The lowest BCUT2D eigenvalue weighted by atomic mass is 10.2. The maximum atomic E-state index is 12.8. The lowest BCUT2D eigenvalue weighted by Crippen LogP contribution is -2.15. The summed E-state index contributed by atoms with van der Waals surface area (Å²) in [6.45, 7) is 1.93. The highest BCUT2D eigenvalue weighted by molar-refractivity contribution is 7.12. The molecule has 0 aliphatic heterocycles. The van der Waals surface area contributed by atoms with Crippen LogP contribution in [-0.2, 0) is 4.74 Å². The van der Waals surface area contributed by atoms with Crippen LogP contribution in [0.1, 0.15) is 27.0 Å². The lowest BCUT2D eigenvalue weighted by Gasteiger charge is -2.05. The van der Waals surface area contributed by atoms with Crippen LogP contribution in [0.4, 0.5) is 10.2 Å². The van der Waals surface area contributed by atoms with E-state index in [1.54, 1.807) is 6.92 Å². The Morgan fingerprint density at radius 2 is 2.05 bits per heavy atom. The van der Waals surface area contributed by atoms with Gasteiger partial charge in [-0.25, -0.2) is 14.2 Å². The molecule has 2 rings (SSSR count). The molecule has 0 spiro atoms. The fraction of sp³-hybridized carbons (Fsp3) is 0.154. The maximum absolute atomic E-state index is 12.8. The van der Waals surface area contributed by atoms with Gasteiger partial charge >= 0.3 is 5.97 Å². The summed E-state index contributed by atoms with van der Waals surface area (Å²) >= 11 is 1.08. The van der Waals surface area contributed by atoms with Gasteiger partial charge in [-0.1, -0.05) is 0 Å². The van der Waals surface area contributed by atoms with Gasteiger partial charge in [-0.05, 0) is 31.2 Å². The van der Waals surface area contributed by atoms with Gasteiger partial charge in [0.15, 0.2) is 10.7 Å². The summed E-state index contributed by atoms with van der Waals surface area (Å²) in [5.41, 5.74) is 1.71. The molecule has 0 aliphatic rings. The van der Waals surface area contributed by atoms with E-state index < -0.39 is 17.7 Å². The Bertz CT molecular complexity index is 625. The highest BCUT2D eigenvalue weighted by Crippen LogP contribution is 2.20. The first-order valence-corrected chi connectivity index (χ1v) is 6.67. The van der Waals surface area contributed by atoms with Gasteiger partial charge in [0.1, 0.15) is 5.82 Å². The number of anilines is 1. The second-order valence-corrected chi connectivity index (χ2v) is 4.57. The Morgan fingerprint density at radius 1 is 1.35 bits per heavy atom. The average Bonchev–Trinajstić information content (AvgIpc) is 2.88. The summed E-state index contributed by atoms with van der Waals surface area (Å²) < 4.78 is 17.6. The van der Waals surface area contributed by atoms with E-state index in [4.69, 9.17) is 4.74 Å². The standard InChI is InChI=1S/C13H11FN2O3S/c1-2-19-13(18)10-11(15-7-20-10)16-12(17)8-3-5-9(14)6-4-8/h3-7H,2H2,1H3,(H,16,17). The molecule has 104 valence electrons. The second-order valence-electron chi connectivity index (χ2n) is 3.71. The number of benzene rings is 1. The van der Waals surface area contributed by atoms with Crippen LogP contribution in [-0.4, -0.2) is 23.5 Å². The number of nitrogens with zero attached hydrogens (tertiary/aromatic N) is 1. The van der Waals surface area contributed by atoms with E-state index in [0.29, 0.717) is 0 Å². The first kappa shape index (κ1) is 14.1. The molecule has 0 unspecified atom stereocenters. The van der Waals surface area contributed by atoms with Gasteiger partial charge < -0.3 is 10.1 Å². The number of nitrogens with one attached hydrogen (secondary N) is 1. The maximum Gasteiger partial charge on any atom is 0.352 e. The highest BCUT2D eigenvalue weighted by atomic mass is 32.1. The molecular weight excluding hydrogens is 283 g/mol. The first-order valence-electron chi connectivity index (χ1n) is 5.79. The Hall–Kier alpha value is -2.28. The van der Waals surface area contributed by atoms with Gasteiger partial charge in [0.25, 0.3) is 5.91 Å². The lowest BCUT2D eigenvalue weighted by molar-refractivity contribution is 0.0533. The number of hydrogen-bond acceptors (Lipinski definition) is 5. The molecule has 2 aromatic rings. The van der Waals surface area contributed by atoms with Gasteiger partial charge in [0.05, 0.1) is 12.1 Å². The van der Waals surface area contributed by atoms with Gasteiger partial charge in [-0.2, -0.15) is 0 Å². The van der Waals surface area contributed by atoms with Gasteiger partial charge in [0, 0.05) is 5.56 Å². The van der Waals surface area contributed by atoms with Crippen LogP contribution in [0.3, 0.4) is 0 Å². The van der Waals surface area contributed by atoms with Crippen molar-refractivity contribution in [1.82, 2.24) is 4.98 Å². The predicted molar refractivity (Wildman–Crippen MR) is 72.4 cm³/mol. The number of rotatable bonds is 4. The van der Waals surface area contributed by atoms with E-state index in [2.05, 4.69) is 10.3 Å². The third-order valence-electron chi connectivity index (χ3n) is 2.37. The normalized spacial score (nSPS) is 10.1. The monoisotopic (exact) mass is 294 g/mol. The Kier molecular flexibility index (Phi) is 4.41. The summed E-state index contributed by atoms with van der Waals surface area (Å²) in [5, 5.41) is 2.50. The zero-order chi connectivity index (χ0) is 14.5. The fourth-order valence-electron chi connectivity index (χ4n) is 1.46. The number of carbonyl (C=O) groups is 2. The molecule has 1 amide bonds. The van der Waals surface area contributed by atoms with Crippen molar-refractivity contribution in [3.8, 4) is 0 Å². The molecule has 1 aromatic carbocycles. The molecule has 0 saturated carbocycles. The molecule has 20 heavy (non-hydrogen) atoms. The number of halogens is 1. The second kappa shape index (κ2) is 6.25. The summed E-state index contributed by atoms with van der Waals surface area (Å²) in [7, 11) is 0. The van der Waals surface area contributed by atoms with Crippen molar-refractivity contribution in [3.05, 3.63) is 46.0 Å². The number of ether oxygens (including phenoxy) is 1. The minimum Gasteiger partial charge on any atom is -0.462 e. The molecule has 1 heterocycles. The van der Waals surface area contributed by atoms with Crippen molar-refractivity contribution in [2.45, 2.75) is 6.92 Å². The number of amides is 1. The largest absolute Gasteiger partial charge is 0.462 e. The van der Waals surface area contributed by atoms with Crippen LogP contribution in [0, 0.1) is 5.82 Å². The van der Waals surface area contributed by atoms with Crippen molar-refractivity contribution >= 4 is 29.0 Å². The van der Waals surface area contributed by atoms with Gasteiger partial charge in [0.2, 0.25) is 0 Å². The zero-order valence-electron chi connectivity index (χ0n) is 10.6. The van der Waals surface area contributed by atoms with Crippen molar-refractivity contribution in [2.75, 3.05) is 11.9 Å². The van der Waals surface area contributed by atoms with Crippen LogP contribution in [0.15, 0.2) is 29.8 Å². The van der Waals surface area contributed by atoms with Crippen LogP contribution in [0.25, 0.3) is 0 Å².